The number of ether oxygens (including phenoxy) is 2. The summed E-state index contributed by atoms with van der Waals surface area (Å²) in [5.41, 5.74) is 0.770. The molecular formula is C18H13N3O4. The zero-order valence-electron chi connectivity index (χ0n) is 13.1. The van der Waals surface area contributed by atoms with Gasteiger partial charge < -0.3 is 9.47 Å². The summed E-state index contributed by atoms with van der Waals surface area (Å²) < 4.78 is 11.0. The standard InChI is InChI=1S/C18H13N3O4/c19-12-15(13-20)11-14-1-5-17(6-2-14)24-9-10-25-18-7-3-16(4-8-18)21(22)23/h1-8,11H,9-10H2. The summed E-state index contributed by atoms with van der Waals surface area (Å²) in [5.74, 6) is 1.15. The van der Waals surface area contributed by atoms with Gasteiger partial charge in [-0.2, -0.15) is 10.5 Å². The van der Waals surface area contributed by atoms with Crippen LogP contribution < -0.4 is 9.47 Å². The Morgan fingerprint density at radius 3 is 1.88 bits per heavy atom. The molecule has 0 aliphatic rings. The van der Waals surface area contributed by atoms with Gasteiger partial charge in [0.2, 0.25) is 0 Å². The maximum Gasteiger partial charge on any atom is 0.269 e. The van der Waals surface area contributed by atoms with Gasteiger partial charge in [0.15, 0.2) is 0 Å². The Morgan fingerprint density at radius 1 is 0.960 bits per heavy atom. The molecule has 124 valence electrons. The van der Waals surface area contributed by atoms with Gasteiger partial charge in [0.1, 0.15) is 42.4 Å². The zero-order chi connectivity index (χ0) is 18.1. The zero-order valence-corrected chi connectivity index (χ0v) is 13.1. The lowest BCUT2D eigenvalue weighted by Crippen LogP contribution is -2.08. The van der Waals surface area contributed by atoms with Crippen molar-refractivity contribution in [1.29, 1.82) is 10.5 Å². The molecule has 0 fully saturated rings. The highest BCUT2D eigenvalue weighted by atomic mass is 16.6. The quantitative estimate of drug-likeness (QED) is 0.331. The molecule has 2 rings (SSSR count). The van der Waals surface area contributed by atoms with Crippen molar-refractivity contribution in [3.8, 4) is 23.6 Å². The maximum atomic E-state index is 10.6. The first kappa shape index (κ1) is 17.5. The highest BCUT2D eigenvalue weighted by Crippen LogP contribution is 2.18. The Bertz CT molecular complexity index is 828. The normalized spacial score (nSPS) is 9.36. The fourth-order valence-corrected chi connectivity index (χ4v) is 1.90. The molecule has 0 saturated heterocycles. The summed E-state index contributed by atoms with van der Waals surface area (Å²) in [7, 11) is 0. The topological polar surface area (TPSA) is 109 Å². The molecule has 0 heterocycles. The first-order valence-corrected chi connectivity index (χ1v) is 7.24. The Morgan fingerprint density at radius 2 is 1.44 bits per heavy atom. The van der Waals surface area contributed by atoms with Crippen LogP contribution in [0, 0.1) is 32.8 Å². The predicted molar refractivity (Wildman–Crippen MR) is 89.7 cm³/mol. The number of benzene rings is 2. The molecule has 0 aliphatic heterocycles. The van der Waals surface area contributed by atoms with Gasteiger partial charge in [0, 0.05) is 12.1 Å². The van der Waals surface area contributed by atoms with Crippen LogP contribution in [0.2, 0.25) is 0 Å². The van der Waals surface area contributed by atoms with Crippen LogP contribution in [0.25, 0.3) is 6.08 Å². The highest BCUT2D eigenvalue weighted by Gasteiger charge is 2.04. The number of allylic oxidation sites excluding steroid dienone is 1. The van der Waals surface area contributed by atoms with Crippen molar-refractivity contribution in [3.63, 3.8) is 0 Å². The number of non-ortho nitro benzene ring substituents is 1. The molecule has 0 radical (unpaired) electrons. The Balaban J connectivity index is 1.80. The fourth-order valence-electron chi connectivity index (χ4n) is 1.90. The van der Waals surface area contributed by atoms with Crippen molar-refractivity contribution in [2.24, 2.45) is 0 Å². The lowest BCUT2D eigenvalue weighted by Gasteiger charge is -2.08. The molecule has 0 N–H and O–H groups in total. The van der Waals surface area contributed by atoms with Crippen LogP contribution in [0.5, 0.6) is 11.5 Å². The average molecular weight is 335 g/mol. The van der Waals surface area contributed by atoms with E-state index >= 15 is 0 Å². The van der Waals surface area contributed by atoms with E-state index in [0.29, 0.717) is 18.1 Å². The van der Waals surface area contributed by atoms with Crippen LogP contribution in [-0.4, -0.2) is 18.1 Å². The molecule has 7 nitrogen and oxygen atoms in total. The van der Waals surface area contributed by atoms with E-state index in [1.165, 1.54) is 30.3 Å². The summed E-state index contributed by atoms with van der Waals surface area (Å²) in [6.45, 7) is 0.584. The Hall–Kier alpha value is -3.84. The molecule has 0 bridgehead atoms. The van der Waals surface area contributed by atoms with Gasteiger partial charge in [-0.25, -0.2) is 0 Å². The first-order valence-electron chi connectivity index (χ1n) is 7.24. The Kier molecular flexibility index (Phi) is 6.10. The summed E-state index contributed by atoms with van der Waals surface area (Å²) in [6, 6.07) is 16.3. The van der Waals surface area contributed by atoms with E-state index in [0.717, 1.165) is 5.56 Å². The van der Waals surface area contributed by atoms with Crippen molar-refractivity contribution < 1.29 is 14.4 Å². The SMILES string of the molecule is N#CC(C#N)=Cc1ccc(OCCOc2ccc([N+](=O)[O-])cc2)cc1. The van der Waals surface area contributed by atoms with Gasteiger partial charge in [0.25, 0.3) is 5.69 Å². The predicted octanol–water partition coefficient (Wildman–Crippen LogP) is 3.48. The van der Waals surface area contributed by atoms with Gasteiger partial charge >= 0.3 is 0 Å². The van der Waals surface area contributed by atoms with Crippen LogP contribution in [0.15, 0.2) is 54.1 Å². The van der Waals surface area contributed by atoms with Crippen molar-refractivity contribution in [1.82, 2.24) is 0 Å². The molecule has 0 aromatic heterocycles. The van der Waals surface area contributed by atoms with Crippen LogP contribution >= 0.6 is 0 Å². The molecule has 25 heavy (non-hydrogen) atoms. The number of nitro benzene ring substituents is 1. The molecule has 0 amide bonds. The lowest BCUT2D eigenvalue weighted by molar-refractivity contribution is -0.384. The molecule has 0 spiro atoms. The third kappa shape index (κ3) is 5.38. The van der Waals surface area contributed by atoms with Crippen molar-refractivity contribution in [2.45, 2.75) is 0 Å². The minimum absolute atomic E-state index is 0.00805. The summed E-state index contributed by atoms with van der Waals surface area (Å²) >= 11 is 0. The molecule has 0 atom stereocenters. The second-order valence-corrected chi connectivity index (χ2v) is 4.80. The number of rotatable bonds is 7. The van der Waals surface area contributed by atoms with Gasteiger partial charge in [-0.15, -0.1) is 0 Å². The Labute approximate surface area is 144 Å². The molecule has 0 aliphatic carbocycles. The first-order chi connectivity index (χ1) is 12.1. The van der Waals surface area contributed by atoms with Crippen LogP contribution in [0.1, 0.15) is 5.56 Å². The number of nitro groups is 1. The van der Waals surface area contributed by atoms with Crippen LogP contribution in [0.4, 0.5) is 5.69 Å². The van der Waals surface area contributed by atoms with Crippen molar-refractivity contribution in [3.05, 3.63) is 69.8 Å². The second-order valence-electron chi connectivity index (χ2n) is 4.80. The van der Waals surface area contributed by atoms with E-state index < -0.39 is 4.92 Å². The van der Waals surface area contributed by atoms with Crippen molar-refractivity contribution in [2.75, 3.05) is 13.2 Å². The van der Waals surface area contributed by atoms with Crippen LogP contribution in [0.3, 0.4) is 0 Å². The minimum atomic E-state index is -0.470. The number of hydrogen-bond acceptors (Lipinski definition) is 6. The molecular weight excluding hydrogens is 322 g/mol. The van der Waals surface area contributed by atoms with Gasteiger partial charge in [-0.05, 0) is 35.9 Å². The molecule has 0 unspecified atom stereocenters. The van der Waals surface area contributed by atoms with Gasteiger partial charge in [-0.1, -0.05) is 12.1 Å². The van der Waals surface area contributed by atoms with Crippen molar-refractivity contribution >= 4 is 11.8 Å². The minimum Gasteiger partial charge on any atom is -0.490 e. The average Bonchev–Trinajstić information content (AvgIpc) is 2.64. The number of nitriles is 2. The van der Waals surface area contributed by atoms with E-state index in [1.807, 2.05) is 0 Å². The number of nitrogens with zero attached hydrogens (tertiary/aromatic N) is 3. The van der Waals surface area contributed by atoms with E-state index in [2.05, 4.69) is 0 Å². The summed E-state index contributed by atoms with van der Waals surface area (Å²) in [5, 5.41) is 28.0. The maximum absolute atomic E-state index is 10.6. The third-order valence-corrected chi connectivity index (χ3v) is 3.10. The summed E-state index contributed by atoms with van der Waals surface area (Å²) in [6.07, 6.45) is 1.49. The van der Waals surface area contributed by atoms with E-state index in [4.69, 9.17) is 20.0 Å². The molecule has 2 aromatic rings. The highest BCUT2D eigenvalue weighted by molar-refractivity contribution is 5.62. The van der Waals surface area contributed by atoms with Gasteiger partial charge in [-0.3, -0.25) is 10.1 Å². The summed E-state index contributed by atoms with van der Waals surface area (Å²) in [4.78, 5) is 10.1. The molecule has 0 saturated carbocycles. The van der Waals surface area contributed by atoms with E-state index in [-0.39, 0.29) is 17.9 Å². The fraction of sp³-hybridized carbons (Fsp3) is 0.111. The third-order valence-electron chi connectivity index (χ3n) is 3.10. The monoisotopic (exact) mass is 335 g/mol. The number of hydrogen-bond donors (Lipinski definition) is 0. The van der Waals surface area contributed by atoms with Crippen LogP contribution in [-0.2, 0) is 0 Å². The lowest BCUT2D eigenvalue weighted by atomic mass is 10.1. The van der Waals surface area contributed by atoms with E-state index in [9.17, 15) is 10.1 Å². The van der Waals surface area contributed by atoms with Gasteiger partial charge in [0.05, 0.1) is 4.92 Å². The second kappa shape index (κ2) is 8.70. The van der Waals surface area contributed by atoms with E-state index in [1.54, 1.807) is 36.4 Å². The molecule has 2 aromatic carbocycles. The molecule has 7 heteroatoms. The largest absolute Gasteiger partial charge is 0.490 e. The smallest absolute Gasteiger partial charge is 0.269 e.